The fourth-order valence-electron chi connectivity index (χ4n) is 2.74. The van der Waals surface area contributed by atoms with Crippen LogP contribution in [0.15, 0.2) is 30.3 Å². The summed E-state index contributed by atoms with van der Waals surface area (Å²) in [4.78, 5) is 11.7. The first-order valence-electron chi connectivity index (χ1n) is 9.56. The fourth-order valence-corrected chi connectivity index (χ4v) is 4.95. The molecule has 8 nitrogen and oxygen atoms in total. The molecule has 0 amide bonds. The van der Waals surface area contributed by atoms with E-state index in [1.54, 1.807) is 41.9 Å². The van der Waals surface area contributed by atoms with Crippen molar-refractivity contribution in [2.24, 2.45) is 5.84 Å². The SMILES string of the molecule is CCOC(=O)c1cc(C)n(Cc2cc(Cl)cc(I)c2O)n1.NNCc1cc(Cl)cc(I)c1O. The number of carbonyl (C=O) groups is 1. The van der Waals surface area contributed by atoms with Crippen LogP contribution in [0, 0.1) is 14.1 Å². The molecule has 2 aromatic carbocycles. The van der Waals surface area contributed by atoms with Gasteiger partial charge in [0.1, 0.15) is 11.5 Å². The van der Waals surface area contributed by atoms with E-state index in [4.69, 9.17) is 33.8 Å². The number of nitrogens with zero attached hydrogens (tertiary/aromatic N) is 2. The number of rotatable bonds is 6. The number of carbonyl (C=O) groups excluding carboxylic acids is 1. The van der Waals surface area contributed by atoms with E-state index in [-0.39, 0.29) is 17.2 Å². The van der Waals surface area contributed by atoms with Crippen molar-refractivity contribution in [1.82, 2.24) is 15.2 Å². The van der Waals surface area contributed by atoms with Crippen LogP contribution < -0.4 is 11.3 Å². The summed E-state index contributed by atoms with van der Waals surface area (Å²) >= 11 is 15.8. The summed E-state index contributed by atoms with van der Waals surface area (Å²) < 4.78 is 7.95. The quantitative estimate of drug-likeness (QED) is 0.123. The maximum absolute atomic E-state index is 11.7. The largest absolute Gasteiger partial charge is 0.507 e. The van der Waals surface area contributed by atoms with Crippen LogP contribution in [0.2, 0.25) is 10.0 Å². The van der Waals surface area contributed by atoms with E-state index in [9.17, 15) is 15.0 Å². The molecule has 0 saturated carbocycles. The summed E-state index contributed by atoms with van der Waals surface area (Å²) in [5.41, 5.74) is 4.86. The topological polar surface area (TPSA) is 123 Å². The van der Waals surface area contributed by atoms with Crippen molar-refractivity contribution in [3.8, 4) is 11.5 Å². The second-order valence-corrected chi connectivity index (χ2v) is 9.92. The zero-order chi connectivity index (χ0) is 24.7. The number of hydrogen-bond acceptors (Lipinski definition) is 7. The van der Waals surface area contributed by atoms with Gasteiger partial charge in [0.2, 0.25) is 0 Å². The van der Waals surface area contributed by atoms with E-state index in [0.29, 0.717) is 44.4 Å². The van der Waals surface area contributed by atoms with Gasteiger partial charge in [-0.2, -0.15) is 5.10 Å². The average Bonchev–Trinajstić information content (AvgIpc) is 3.11. The molecular formula is C21H22Cl2I2N4O4. The van der Waals surface area contributed by atoms with Crippen LogP contribution in [0.5, 0.6) is 11.5 Å². The first-order valence-corrected chi connectivity index (χ1v) is 12.5. The number of aryl methyl sites for hydroxylation is 1. The van der Waals surface area contributed by atoms with Gasteiger partial charge in [-0.1, -0.05) is 23.2 Å². The summed E-state index contributed by atoms with van der Waals surface area (Å²) in [6.45, 7) is 4.62. The molecule has 33 heavy (non-hydrogen) atoms. The first-order chi connectivity index (χ1) is 15.6. The van der Waals surface area contributed by atoms with Gasteiger partial charge in [-0.05, 0) is 89.4 Å². The van der Waals surface area contributed by atoms with Gasteiger partial charge in [-0.15, -0.1) is 0 Å². The fraction of sp³-hybridized carbons (Fsp3) is 0.238. The number of aromatic nitrogens is 2. The molecule has 1 aromatic heterocycles. The Balaban J connectivity index is 0.000000273. The van der Waals surface area contributed by atoms with Gasteiger partial charge < -0.3 is 14.9 Å². The Morgan fingerprint density at radius 3 is 2.18 bits per heavy atom. The Morgan fingerprint density at radius 2 is 1.64 bits per heavy atom. The molecule has 3 rings (SSSR count). The molecule has 0 spiro atoms. The minimum absolute atomic E-state index is 0.174. The van der Waals surface area contributed by atoms with Crippen LogP contribution in [-0.2, 0) is 17.8 Å². The molecule has 0 unspecified atom stereocenters. The number of ether oxygens (including phenoxy) is 1. The smallest absolute Gasteiger partial charge is 0.358 e. The van der Waals surface area contributed by atoms with Crippen molar-refractivity contribution >= 4 is 74.4 Å². The van der Waals surface area contributed by atoms with E-state index in [1.165, 1.54) is 0 Å². The zero-order valence-electron chi connectivity index (χ0n) is 17.7. The van der Waals surface area contributed by atoms with Crippen molar-refractivity contribution in [2.45, 2.75) is 26.9 Å². The number of nitrogens with one attached hydrogen (secondary N) is 1. The Bertz CT molecular complexity index is 1140. The molecule has 0 radical (unpaired) electrons. The van der Waals surface area contributed by atoms with Crippen molar-refractivity contribution in [2.75, 3.05) is 6.61 Å². The van der Waals surface area contributed by atoms with E-state index in [1.807, 2.05) is 52.1 Å². The lowest BCUT2D eigenvalue weighted by Crippen LogP contribution is -2.20. The summed E-state index contributed by atoms with van der Waals surface area (Å²) in [5, 5.41) is 24.9. The number of nitrogens with two attached hydrogens (primary N) is 1. The minimum Gasteiger partial charge on any atom is -0.507 e. The van der Waals surface area contributed by atoms with E-state index in [0.717, 1.165) is 9.26 Å². The molecule has 0 aliphatic rings. The molecule has 5 N–H and O–H groups in total. The summed E-state index contributed by atoms with van der Waals surface area (Å²) in [6.07, 6.45) is 0. The number of aromatic hydroxyl groups is 2. The summed E-state index contributed by atoms with van der Waals surface area (Å²) in [5.74, 6) is 5.08. The first kappa shape index (κ1) is 27.9. The summed E-state index contributed by atoms with van der Waals surface area (Å²) in [7, 11) is 0. The molecule has 0 bridgehead atoms. The van der Waals surface area contributed by atoms with Crippen molar-refractivity contribution in [3.63, 3.8) is 0 Å². The van der Waals surface area contributed by atoms with E-state index >= 15 is 0 Å². The van der Waals surface area contributed by atoms with Crippen LogP contribution in [0.4, 0.5) is 0 Å². The summed E-state index contributed by atoms with van der Waals surface area (Å²) in [6, 6.07) is 8.39. The lowest BCUT2D eigenvalue weighted by molar-refractivity contribution is 0.0518. The molecule has 178 valence electrons. The highest BCUT2D eigenvalue weighted by Crippen LogP contribution is 2.29. The molecule has 1 heterocycles. The Kier molecular flexibility index (Phi) is 11.0. The number of halogens is 4. The average molecular weight is 719 g/mol. The zero-order valence-corrected chi connectivity index (χ0v) is 23.5. The maximum atomic E-state index is 11.7. The highest BCUT2D eigenvalue weighted by molar-refractivity contribution is 14.1. The highest BCUT2D eigenvalue weighted by Gasteiger charge is 2.15. The molecule has 0 aliphatic carbocycles. The van der Waals surface area contributed by atoms with E-state index in [2.05, 4.69) is 10.5 Å². The normalized spacial score (nSPS) is 10.5. The van der Waals surface area contributed by atoms with Crippen LogP contribution in [0.25, 0.3) is 0 Å². The van der Waals surface area contributed by atoms with Crippen LogP contribution in [-0.4, -0.2) is 32.6 Å². The Hall–Kier alpha value is -1.32. The van der Waals surface area contributed by atoms with Gasteiger partial charge in [-0.3, -0.25) is 16.0 Å². The number of phenols is 2. The Morgan fingerprint density at radius 1 is 1.09 bits per heavy atom. The van der Waals surface area contributed by atoms with Crippen LogP contribution in [0.1, 0.15) is 34.2 Å². The number of hydrazine groups is 1. The predicted octanol–water partition coefficient (Wildman–Crippen LogP) is 4.99. The van der Waals surface area contributed by atoms with Gasteiger partial charge in [0.25, 0.3) is 0 Å². The van der Waals surface area contributed by atoms with Gasteiger partial charge in [0.05, 0.1) is 20.3 Å². The van der Waals surface area contributed by atoms with Gasteiger partial charge >= 0.3 is 5.97 Å². The van der Waals surface area contributed by atoms with Crippen LogP contribution >= 0.6 is 68.4 Å². The lowest BCUT2D eigenvalue weighted by atomic mass is 10.2. The number of phenolic OH excluding ortho intramolecular Hbond substituents is 2. The van der Waals surface area contributed by atoms with Crippen molar-refractivity contribution in [3.05, 3.63) is 70.0 Å². The third kappa shape index (κ3) is 7.86. The van der Waals surface area contributed by atoms with Crippen molar-refractivity contribution in [1.29, 1.82) is 0 Å². The highest BCUT2D eigenvalue weighted by atomic mass is 127. The van der Waals surface area contributed by atoms with E-state index < -0.39 is 5.97 Å². The third-order valence-corrected chi connectivity index (χ3v) is 6.37. The molecular weight excluding hydrogens is 697 g/mol. The minimum atomic E-state index is -0.454. The maximum Gasteiger partial charge on any atom is 0.358 e. The van der Waals surface area contributed by atoms with Crippen molar-refractivity contribution < 1.29 is 19.7 Å². The second kappa shape index (κ2) is 13.0. The molecule has 0 fully saturated rings. The molecule has 0 atom stereocenters. The van der Waals surface area contributed by atoms with Gasteiger partial charge in [0, 0.05) is 33.4 Å². The second-order valence-electron chi connectivity index (χ2n) is 6.72. The molecule has 12 heteroatoms. The predicted molar refractivity (Wildman–Crippen MR) is 145 cm³/mol. The van der Waals surface area contributed by atoms with Gasteiger partial charge in [-0.25, -0.2) is 4.79 Å². The third-order valence-electron chi connectivity index (χ3n) is 4.29. The number of hydrogen-bond donors (Lipinski definition) is 4. The molecule has 3 aromatic rings. The Labute approximate surface area is 228 Å². The lowest BCUT2D eigenvalue weighted by Gasteiger charge is -2.09. The molecule has 0 saturated heterocycles. The number of benzene rings is 2. The van der Waals surface area contributed by atoms with Crippen LogP contribution in [0.3, 0.4) is 0 Å². The number of esters is 1. The standard InChI is InChI=1S/C14H14ClIN2O3.C7H8ClIN2O/c1-3-21-14(20)12-4-8(2)18(17-12)7-9-5-10(15)6-11(16)13(9)19;8-5-1-4(3-11-10)7(12)6(9)2-5/h4-6,19H,3,7H2,1-2H3;1-2,11-12H,3,10H2. The monoisotopic (exact) mass is 718 g/mol. The molecule has 0 aliphatic heterocycles. The van der Waals surface area contributed by atoms with Gasteiger partial charge in [0.15, 0.2) is 5.69 Å².